The lowest BCUT2D eigenvalue weighted by molar-refractivity contribution is -0.137. The van der Waals surface area contributed by atoms with Gasteiger partial charge in [0.15, 0.2) is 0 Å². The van der Waals surface area contributed by atoms with E-state index < -0.39 is 23.8 Å². The summed E-state index contributed by atoms with van der Waals surface area (Å²) in [6, 6.07) is 11.1. The first-order chi connectivity index (χ1) is 11.3. The van der Waals surface area contributed by atoms with Crippen molar-refractivity contribution in [2.45, 2.75) is 31.6 Å². The molecule has 126 valence electrons. The van der Waals surface area contributed by atoms with Crippen LogP contribution in [0.1, 0.15) is 29.7 Å². The number of hydrogen-bond donors (Lipinski definition) is 1. The quantitative estimate of drug-likeness (QED) is 0.871. The number of β-lactam (4-membered cyclic amide) rings is 1. The molecule has 1 aliphatic rings. The second-order valence-corrected chi connectivity index (χ2v) is 5.82. The van der Waals surface area contributed by atoms with Crippen LogP contribution in [0.4, 0.5) is 18.9 Å². The molecule has 1 saturated heterocycles. The van der Waals surface area contributed by atoms with Crippen LogP contribution in [-0.4, -0.2) is 11.9 Å². The SMILES string of the molecule is CCc1ccc(N2C(=O)[C@H](N)[C@@H]2c2ccc(C(F)(F)F)cc2)cc1. The number of nitrogens with zero attached hydrogens (tertiary/aromatic N) is 1. The number of carbonyl (C=O) groups excluding carboxylic acids is 1. The van der Waals surface area contributed by atoms with Crippen LogP contribution >= 0.6 is 0 Å². The maximum absolute atomic E-state index is 12.7. The van der Waals surface area contributed by atoms with Gasteiger partial charge < -0.3 is 10.6 Å². The van der Waals surface area contributed by atoms with Gasteiger partial charge in [0.05, 0.1) is 11.6 Å². The van der Waals surface area contributed by atoms with E-state index in [1.807, 2.05) is 31.2 Å². The average Bonchev–Trinajstić information content (AvgIpc) is 2.58. The minimum absolute atomic E-state index is 0.232. The number of rotatable bonds is 3. The highest BCUT2D eigenvalue weighted by atomic mass is 19.4. The maximum atomic E-state index is 12.7. The average molecular weight is 334 g/mol. The van der Waals surface area contributed by atoms with Crippen LogP contribution in [0.3, 0.4) is 0 Å². The van der Waals surface area contributed by atoms with Crippen LogP contribution in [0.5, 0.6) is 0 Å². The Balaban J connectivity index is 1.89. The summed E-state index contributed by atoms with van der Waals surface area (Å²) < 4.78 is 38.0. The highest BCUT2D eigenvalue weighted by molar-refractivity contribution is 6.05. The number of benzene rings is 2. The van der Waals surface area contributed by atoms with Crippen LogP contribution in [0, 0.1) is 0 Å². The summed E-state index contributed by atoms with van der Waals surface area (Å²) in [6.45, 7) is 2.03. The van der Waals surface area contributed by atoms with Crippen molar-refractivity contribution >= 4 is 11.6 Å². The minimum Gasteiger partial charge on any atom is -0.318 e. The molecule has 0 saturated carbocycles. The monoisotopic (exact) mass is 334 g/mol. The number of carbonyl (C=O) groups is 1. The molecule has 0 bridgehead atoms. The van der Waals surface area contributed by atoms with Crippen LogP contribution in [-0.2, 0) is 17.4 Å². The van der Waals surface area contributed by atoms with Gasteiger partial charge in [-0.2, -0.15) is 13.2 Å². The summed E-state index contributed by atoms with van der Waals surface area (Å²) in [6.07, 6.45) is -3.50. The van der Waals surface area contributed by atoms with Crippen molar-refractivity contribution < 1.29 is 18.0 Å². The molecule has 2 N–H and O–H groups in total. The second-order valence-electron chi connectivity index (χ2n) is 5.82. The van der Waals surface area contributed by atoms with Gasteiger partial charge in [0.2, 0.25) is 5.91 Å². The van der Waals surface area contributed by atoms with Crippen molar-refractivity contribution in [2.75, 3.05) is 4.90 Å². The highest BCUT2D eigenvalue weighted by Crippen LogP contribution is 2.39. The smallest absolute Gasteiger partial charge is 0.318 e. The molecule has 0 radical (unpaired) electrons. The van der Waals surface area contributed by atoms with Gasteiger partial charge in [-0.1, -0.05) is 31.2 Å². The zero-order chi connectivity index (χ0) is 17.5. The predicted octanol–water partition coefficient (Wildman–Crippen LogP) is 3.68. The van der Waals surface area contributed by atoms with Crippen molar-refractivity contribution in [3.8, 4) is 0 Å². The zero-order valence-electron chi connectivity index (χ0n) is 13.0. The maximum Gasteiger partial charge on any atom is 0.416 e. The number of halogens is 3. The van der Waals surface area contributed by atoms with Crippen molar-refractivity contribution in [1.29, 1.82) is 0 Å². The lowest BCUT2D eigenvalue weighted by Gasteiger charge is -2.45. The summed E-state index contributed by atoms with van der Waals surface area (Å²) in [5.74, 6) is -0.232. The molecule has 2 aromatic rings. The molecular weight excluding hydrogens is 317 g/mol. The first-order valence-electron chi connectivity index (χ1n) is 7.67. The van der Waals surface area contributed by atoms with E-state index >= 15 is 0 Å². The van der Waals surface area contributed by atoms with Crippen LogP contribution in [0.15, 0.2) is 48.5 Å². The first kappa shape index (κ1) is 16.5. The second kappa shape index (κ2) is 5.94. The summed E-state index contributed by atoms with van der Waals surface area (Å²) in [5, 5.41) is 0. The van der Waals surface area contributed by atoms with E-state index in [0.717, 1.165) is 24.1 Å². The number of nitrogens with two attached hydrogens (primary N) is 1. The fourth-order valence-corrected chi connectivity index (χ4v) is 2.92. The zero-order valence-corrected chi connectivity index (χ0v) is 13.0. The van der Waals surface area contributed by atoms with Gasteiger partial charge in [0.1, 0.15) is 6.04 Å². The molecule has 2 aromatic carbocycles. The largest absolute Gasteiger partial charge is 0.416 e. The highest BCUT2D eigenvalue weighted by Gasteiger charge is 2.46. The molecular formula is C18H17F3N2O. The van der Waals surface area contributed by atoms with E-state index in [2.05, 4.69) is 0 Å². The summed E-state index contributed by atoms with van der Waals surface area (Å²) in [7, 11) is 0. The van der Waals surface area contributed by atoms with Crippen molar-refractivity contribution in [2.24, 2.45) is 5.73 Å². The summed E-state index contributed by atoms with van der Waals surface area (Å²) in [4.78, 5) is 13.7. The molecule has 3 rings (SSSR count). The summed E-state index contributed by atoms with van der Waals surface area (Å²) >= 11 is 0. The van der Waals surface area contributed by atoms with Gasteiger partial charge in [0, 0.05) is 5.69 Å². The molecule has 1 fully saturated rings. The Morgan fingerprint density at radius 1 is 1.04 bits per heavy atom. The van der Waals surface area contributed by atoms with Crippen molar-refractivity contribution in [3.05, 3.63) is 65.2 Å². The Morgan fingerprint density at radius 2 is 1.62 bits per heavy atom. The van der Waals surface area contributed by atoms with E-state index in [4.69, 9.17) is 5.73 Å². The van der Waals surface area contributed by atoms with E-state index in [1.165, 1.54) is 17.0 Å². The van der Waals surface area contributed by atoms with Gasteiger partial charge in [-0.25, -0.2) is 0 Å². The number of alkyl halides is 3. The van der Waals surface area contributed by atoms with Crippen molar-refractivity contribution in [3.63, 3.8) is 0 Å². The standard InChI is InChI=1S/C18H17F3N2O/c1-2-11-3-9-14(10-4-11)23-16(15(22)17(23)24)12-5-7-13(8-6-12)18(19,20)21/h3-10,15-16H,2,22H2,1H3/t15-,16+/m1/s1. The lowest BCUT2D eigenvalue weighted by atomic mass is 9.88. The Kier molecular flexibility index (Phi) is 4.09. The van der Waals surface area contributed by atoms with Crippen molar-refractivity contribution in [1.82, 2.24) is 0 Å². The van der Waals surface area contributed by atoms with Crippen LogP contribution in [0.2, 0.25) is 0 Å². The molecule has 0 unspecified atom stereocenters. The molecule has 0 spiro atoms. The van der Waals surface area contributed by atoms with E-state index in [-0.39, 0.29) is 5.91 Å². The molecule has 24 heavy (non-hydrogen) atoms. The van der Waals surface area contributed by atoms with Gasteiger partial charge >= 0.3 is 6.18 Å². The molecule has 1 aliphatic heterocycles. The lowest BCUT2D eigenvalue weighted by Crippen LogP contribution is -2.63. The third-order valence-electron chi connectivity index (χ3n) is 4.34. The fraction of sp³-hybridized carbons (Fsp3) is 0.278. The molecule has 6 heteroatoms. The third kappa shape index (κ3) is 2.78. The molecule has 0 aliphatic carbocycles. The normalized spacial score (nSPS) is 20.9. The number of aryl methyl sites for hydroxylation is 1. The summed E-state index contributed by atoms with van der Waals surface area (Å²) in [5.41, 5.74) is 7.61. The molecule has 1 amide bonds. The number of hydrogen-bond acceptors (Lipinski definition) is 2. The van der Waals surface area contributed by atoms with Gasteiger partial charge in [0.25, 0.3) is 0 Å². The Bertz CT molecular complexity index is 738. The third-order valence-corrected chi connectivity index (χ3v) is 4.34. The topological polar surface area (TPSA) is 46.3 Å². The van der Waals surface area contributed by atoms with Gasteiger partial charge in [-0.3, -0.25) is 4.79 Å². The molecule has 2 atom stereocenters. The first-order valence-corrected chi connectivity index (χ1v) is 7.67. The van der Waals surface area contributed by atoms with E-state index in [9.17, 15) is 18.0 Å². The molecule has 0 aromatic heterocycles. The van der Waals surface area contributed by atoms with Gasteiger partial charge in [-0.05, 0) is 41.8 Å². The van der Waals surface area contributed by atoms with E-state index in [0.29, 0.717) is 11.3 Å². The Morgan fingerprint density at radius 3 is 2.12 bits per heavy atom. The fourth-order valence-electron chi connectivity index (χ4n) is 2.92. The Labute approximate surface area is 137 Å². The van der Waals surface area contributed by atoms with Crippen LogP contribution in [0.25, 0.3) is 0 Å². The molecule has 1 heterocycles. The molecule has 3 nitrogen and oxygen atoms in total. The Hall–Kier alpha value is -2.34. The van der Waals surface area contributed by atoms with E-state index in [1.54, 1.807) is 0 Å². The van der Waals surface area contributed by atoms with Gasteiger partial charge in [-0.15, -0.1) is 0 Å². The number of amides is 1. The number of anilines is 1. The predicted molar refractivity (Wildman–Crippen MR) is 85.5 cm³/mol. The minimum atomic E-state index is -4.38. The van der Waals surface area contributed by atoms with Crippen LogP contribution < -0.4 is 10.6 Å².